The molecule has 0 amide bonds. The molecule has 0 heterocycles. The van der Waals surface area contributed by atoms with Gasteiger partial charge in [-0.2, -0.15) is 0 Å². The topological polar surface area (TPSA) is 29.5 Å². The van der Waals surface area contributed by atoms with Gasteiger partial charge in [0.1, 0.15) is 5.75 Å². The number of rotatable bonds is 9. The first-order valence-corrected chi connectivity index (χ1v) is 6.60. The number of methoxy groups -OCH3 is 1. The van der Waals surface area contributed by atoms with Crippen LogP contribution in [0.3, 0.4) is 0 Å². The van der Waals surface area contributed by atoms with Crippen LogP contribution < -0.4 is 0 Å². The van der Waals surface area contributed by atoms with Crippen LogP contribution in [0, 0.1) is 0 Å². The third-order valence-electron chi connectivity index (χ3n) is 3.00. The number of hydrogen-bond donors (Lipinski definition) is 1. The predicted octanol–water partition coefficient (Wildman–Crippen LogP) is 3.92. The van der Waals surface area contributed by atoms with E-state index in [9.17, 15) is 0 Å². The molecule has 1 aromatic rings. The molecule has 0 atom stereocenters. The van der Waals surface area contributed by atoms with Gasteiger partial charge >= 0.3 is 0 Å². The van der Waals surface area contributed by atoms with E-state index in [-0.39, 0.29) is 0 Å². The van der Waals surface area contributed by atoms with E-state index in [0.29, 0.717) is 5.75 Å². The number of phenols is 1. The van der Waals surface area contributed by atoms with E-state index < -0.39 is 0 Å². The molecule has 0 aliphatic carbocycles. The largest absolute Gasteiger partial charge is 0.508 e. The molecule has 2 nitrogen and oxygen atoms in total. The maximum atomic E-state index is 9.16. The van der Waals surface area contributed by atoms with Crippen molar-refractivity contribution in [1.29, 1.82) is 0 Å². The maximum Gasteiger partial charge on any atom is 0.115 e. The van der Waals surface area contributed by atoms with Crippen molar-refractivity contribution in [2.45, 2.75) is 44.9 Å². The summed E-state index contributed by atoms with van der Waals surface area (Å²) in [6.45, 7) is 0.896. The Bertz CT molecular complexity index is 279. The zero-order chi connectivity index (χ0) is 12.3. The van der Waals surface area contributed by atoms with Gasteiger partial charge in [-0.05, 0) is 37.0 Å². The zero-order valence-electron chi connectivity index (χ0n) is 10.8. The molecule has 0 unspecified atom stereocenters. The molecule has 0 aliphatic rings. The van der Waals surface area contributed by atoms with Gasteiger partial charge in [0.2, 0.25) is 0 Å². The van der Waals surface area contributed by atoms with E-state index in [0.717, 1.165) is 13.0 Å². The first-order chi connectivity index (χ1) is 8.33. The molecule has 96 valence electrons. The molecule has 0 aromatic heterocycles. The van der Waals surface area contributed by atoms with Crippen molar-refractivity contribution < 1.29 is 9.84 Å². The van der Waals surface area contributed by atoms with Crippen LogP contribution in [0.25, 0.3) is 0 Å². The van der Waals surface area contributed by atoms with Gasteiger partial charge in [-0.25, -0.2) is 0 Å². The molecule has 0 spiro atoms. The summed E-state index contributed by atoms with van der Waals surface area (Å²) < 4.78 is 5.02. The number of unbranched alkanes of at least 4 members (excludes halogenated alkanes) is 5. The summed E-state index contributed by atoms with van der Waals surface area (Å²) in [6, 6.07) is 7.54. The van der Waals surface area contributed by atoms with Crippen LogP contribution in [0.2, 0.25) is 0 Å². The highest BCUT2D eigenvalue weighted by atomic mass is 16.5. The smallest absolute Gasteiger partial charge is 0.115 e. The first kappa shape index (κ1) is 14.0. The Morgan fingerprint density at radius 1 is 0.882 bits per heavy atom. The second-order valence-corrected chi connectivity index (χ2v) is 4.53. The van der Waals surface area contributed by atoms with Gasteiger partial charge in [0.05, 0.1) is 0 Å². The molecule has 1 rings (SSSR count). The monoisotopic (exact) mass is 236 g/mol. The van der Waals surface area contributed by atoms with Gasteiger partial charge in [-0.15, -0.1) is 0 Å². The Morgan fingerprint density at radius 2 is 1.47 bits per heavy atom. The number of benzene rings is 1. The third-order valence-corrected chi connectivity index (χ3v) is 3.00. The lowest BCUT2D eigenvalue weighted by Gasteiger charge is -2.03. The second-order valence-electron chi connectivity index (χ2n) is 4.53. The molecule has 1 N–H and O–H groups in total. The van der Waals surface area contributed by atoms with E-state index >= 15 is 0 Å². The Kier molecular flexibility index (Phi) is 7.48. The summed E-state index contributed by atoms with van der Waals surface area (Å²) >= 11 is 0. The van der Waals surface area contributed by atoms with Crippen molar-refractivity contribution in [3.05, 3.63) is 29.8 Å². The van der Waals surface area contributed by atoms with Crippen molar-refractivity contribution in [3.63, 3.8) is 0 Å². The SMILES string of the molecule is COCCCCCCCCc1ccc(O)cc1. The summed E-state index contributed by atoms with van der Waals surface area (Å²) in [4.78, 5) is 0. The number of aromatic hydroxyl groups is 1. The molecule has 0 bridgehead atoms. The van der Waals surface area contributed by atoms with E-state index in [2.05, 4.69) is 0 Å². The summed E-state index contributed by atoms with van der Waals surface area (Å²) in [5.41, 5.74) is 1.32. The first-order valence-electron chi connectivity index (χ1n) is 6.60. The maximum absolute atomic E-state index is 9.16. The van der Waals surface area contributed by atoms with Gasteiger partial charge < -0.3 is 9.84 Å². The van der Waals surface area contributed by atoms with E-state index in [1.807, 2.05) is 12.1 Å². The molecule has 0 radical (unpaired) electrons. The lowest BCUT2D eigenvalue weighted by molar-refractivity contribution is 0.192. The van der Waals surface area contributed by atoms with Gasteiger partial charge in [0.15, 0.2) is 0 Å². The van der Waals surface area contributed by atoms with Crippen LogP contribution in [0.5, 0.6) is 5.75 Å². The van der Waals surface area contributed by atoms with Gasteiger partial charge in [0.25, 0.3) is 0 Å². The molecule has 2 heteroatoms. The van der Waals surface area contributed by atoms with Crippen LogP contribution >= 0.6 is 0 Å². The minimum absolute atomic E-state index is 0.354. The Balaban J connectivity index is 1.95. The van der Waals surface area contributed by atoms with E-state index in [1.54, 1.807) is 19.2 Å². The van der Waals surface area contributed by atoms with Crippen molar-refractivity contribution >= 4 is 0 Å². The Hall–Kier alpha value is -1.02. The molecular weight excluding hydrogens is 212 g/mol. The quantitative estimate of drug-likeness (QED) is 0.658. The molecule has 0 saturated heterocycles. The molecule has 0 saturated carbocycles. The van der Waals surface area contributed by atoms with Crippen molar-refractivity contribution in [2.24, 2.45) is 0 Å². The Morgan fingerprint density at radius 3 is 2.12 bits per heavy atom. The second kappa shape index (κ2) is 9.06. The molecule has 0 aliphatic heterocycles. The third kappa shape index (κ3) is 7.01. The average molecular weight is 236 g/mol. The highest BCUT2D eigenvalue weighted by molar-refractivity contribution is 5.25. The van der Waals surface area contributed by atoms with Crippen molar-refractivity contribution in [1.82, 2.24) is 0 Å². The minimum Gasteiger partial charge on any atom is -0.508 e. The number of phenolic OH excluding ortho intramolecular Hbond substituents is 1. The van der Waals surface area contributed by atoms with Gasteiger partial charge in [0, 0.05) is 13.7 Å². The van der Waals surface area contributed by atoms with Crippen LogP contribution in [0.15, 0.2) is 24.3 Å². The van der Waals surface area contributed by atoms with Crippen LogP contribution in [-0.2, 0) is 11.2 Å². The van der Waals surface area contributed by atoms with Crippen LogP contribution in [0.4, 0.5) is 0 Å². The van der Waals surface area contributed by atoms with Gasteiger partial charge in [-0.1, -0.05) is 37.8 Å². The van der Waals surface area contributed by atoms with E-state index in [1.165, 1.54) is 44.1 Å². The van der Waals surface area contributed by atoms with Gasteiger partial charge in [-0.3, -0.25) is 0 Å². The van der Waals surface area contributed by atoms with Crippen molar-refractivity contribution in [2.75, 3.05) is 13.7 Å². The lowest BCUT2D eigenvalue weighted by Crippen LogP contribution is -1.89. The fourth-order valence-corrected chi connectivity index (χ4v) is 1.95. The summed E-state index contributed by atoms with van der Waals surface area (Å²) in [5, 5.41) is 9.16. The lowest BCUT2D eigenvalue weighted by atomic mass is 10.0. The number of hydrogen-bond acceptors (Lipinski definition) is 2. The number of ether oxygens (including phenoxy) is 1. The molecule has 1 aromatic carbocycles. The number of aryl methyl sites for hydroxylation is 1. The van der Waals surface area contributed by atoms with Crippen LogP contribution in [-0.4, -0.2) is 18.8 Å². The standard InChI is InChI=1S/C15H24O2/c1-17-13-7-5-3-2-4-6-8-14-9-11-15(16)12-10-14/h9-12,16H,2-8,13H2,1H3. The fourth-order valence-electron chi connectivity index (χ4n) is 1.95. The zero-order valence-corrected chi connectivity index (χ0v) is 10.8. The summed E-state index contributed by atoms with van der Waals surface area (Å²) in [7, 11) is 1.76. The average Bonchev–Trinajstić information content (AvgIpc) is 2.35. The van der Waals surface area contributed by atoms with Crippen molar-refractivity contribution in [3.8, 4) is 5.75 Å². The summed E-state index contributed by atoms with van der Waals surface area (Å²) in [6.07, 6.45) is 8.78. The highest BCUT2D eigenvalue weighted by Gasteiger charge is 1.95. The Labute approximate surface area is 105 Å². The highest BCUT2D eigenvalue weighted by Crippen LogP contribution is 2.13. The predicted molar refractivity (Wildman–Crippen MR) is 71.4 cm³/mol. The molecule has 0 fully saturated rings. The fraction of sp³-hybridized carbons (Fsp3) is 0.600. The van der Waals surface area contributed by atoms with Crippen LogP contribution in [0.1, 0.15) is 44.1 Å². The normalized spacial score (nSPS) is 10.6. The molecular formula is C15H24O2. The summed E-state index contributed by atoms with van der Waals surface area (Å²) in [5.74, 6) is 0.354. The minimum atomic E-state index is 0.354. The van der Waals surface area contributed by atoms with E-state index in [4.69, 9.17) is 9.84 Å². The molecule has 17 heavy (non-hydrogen) atoms.